The summed E-state index contributed by atoms with van der Waals surface area (Å²) in [7, 11) is 0. The summed E-state index contributed by atoms with van der Waals surface area (Å²) in [6.45, 7) is 3.19. The number of Topliss-reactive ketones (excluding diaryl/α,β-unsaturated/α-hetero) is 1. The molecule has 4 rings (SSSR count). The molecule has 0 saturated carbocycles. The first-order chi connectivity index (χ1) is 13.4. The Bertz CT molecular complexity index is 968. The maximum absolute atomic E-state index is 12.5. The van der Waals surface area contributed by atoms with Crippen molar-refractivity contribution in [1.29, 1.82) is 0 Å². The summed E-state index contributed by atoms with van der Waals surface area (Å²) in [6.07, 6.45) is 2.96. The van der Waals surface area contributed by atoms with E-state index in [1.165, 1.54) is 0 Å². The number of hydrogen-bond acceptors (Lipinski definition) is 4. The predicted molar refractivity (Wildman–Crippen MR) is 113 cm³/mol. The molecule has 1 atom stereocenters. The molecule has 1 amide bonds. The standard InChI is InChI=1S/C20H19ClN4O2S/c1-20-12-24(19(28)25(20)10-4-6-17(20)26)16-8-7-13(11-14(16)21)23-18(27)15-5-2-3-9-22-15/h2-3,5,7-9,11H,4,6,10,12H2,1H3,(H,23,27). The zero-order chi connectivity index (χ0) is 19.9. The zero-order valence-corrected chi connectivity index (χ0v) is 16.9. The van der Waals surface area contributed by atoms with Crippen LogP contribution in [0.2, 0.25) is 5.02 Å². The van der Waals surface area contributed by atoms with Crippen LogP contribution < -0.4 is 10.2 Å². The number of halogens is 1. The van der Waals surface area contributed by atoms with Gasteiger partial charge in [-0.15, -0.1) is 0 Å². The minimum absolute atomic E-state index is 0.207. The van der Waals surface area contributed by atoms with Gasteiger partial charge >= 0.3 is 0 Å². The van der Waals surface area contributed by atoms with E-state index < -0.39 is 5.54 Å². The minimum atomic E-state index is -0.607. The lowest BCUT2D eigenvalue weighted by molar-refractivity contribution is -0.129. The third-order valence-electron chi connectivity index (χ3n) is 5.30. The van der Waals surface area contributed by atoms with E-state index in [9.17, 15) is 9.59 Å². The van der Waals surface area contributed by atoms with E-state index in [4.69, 9.17) is 23.8 Å². The molecule has 1 aromatic carbocycles. The van der Waals surface area contributed by atoms with Gasteiger partial charge in [0, 0.05) is 24.8 Å². The summed E-state index contributed by atoms with van der Waals surface area (Å²) in [6, 6.07) is 10.4. The van der Waals surface area contributed by atoms with E-state index >= 15 is 0 Å². The van der Waals surface area contributed by atoms with Crippen molar-refractivity contribution in [3.8, 4) is 0 Å². The molecular weight excluding hydrogens is 396 g/mol. The Morgan fingerprint density at radius 3 is 2.82 bits per heavy atom. The molecule has 6 nitrogen and oxygen atoms in total. The van der Waals surface area contributed by atoms with Crippen LogP contribution >= 0.6 is 23.8 Å². The molecule has 2 fully saturated rings. The van der Waals surface area contributed by atoms with Crippen LogP contribution in [-0.2, 0) is 4.79 Å². The van der Waals surface area contributed by atoms with Crippen molar-refractivity contribution in [2.75, 3.05) is 23.3 Å². The Kier molecular flexibility index (Phi) is 4.81. The van der Waals surface area contributed by atoms with Crippen molar-refractivity contribution in [3.05, 3.63) is 53.3 Å². The number of nitrogens with one attached hydrogen (secondary N) is 1. The van der Waals surface area contributed by atoms with Crippen molar-refractivity contribution in [3.63, 3.8) is 0 Å². The average Bonchev–Trinajstić information content (AvgIpc) is 2.95. The topological polar surface area (TPSA) is 65.5 Å². The van der Waals surface area contributed by atoms with Gasteiger partial charge in [0.1, 0.15) is 11.2 Å². The van der Waals surface area contributed by atoms with E-state index in [1.54, 1.807) is 36.5 Å². The molecule has 1 unspecified atom stereocenters. The third kappa shape index (κ3) is 3.14. The molecular formula is C20H19ClN4O2S. The fourth-order valence-electron chi connectivity index (χ4n) is 3.75. The van der Waals surface area contributed by atoms with Gasteiger partial charge in [0.15, 0.2) is 10.9 Å². The quantitative estimate of drug-likeness (QED) is 0.775. The van der Waals surface area contributed by atoms with Gasteiger partial charge in [0.05, 0.1) is 17.3 Å². The number of aromatic nitrogens is 1. The molecule has 2 aliphatic rings. The van der Waals surface area contributed by atoms with E-state index in [-0.39, 0.29) is 11.7 Å². The number of piperidine rings is 1. The Morgan fingerprint density at radius 1 is 1.32 bits per heavy atom. The van der Waals surface area contributed by atoms with E-state index in [2.05, 4.69) is 10.3 Å². The Balaban J connectivity index is 1.56. The Hall–Kier alpha value is -2.51. The fourth-order valence-corrected chi connectivity index (χ4v) is 4.49. The highest BCUT2D eigenvalue weighted by atomic mass is 35.5. The summed E-state index contributed by atoms with van der Waals surface area (Å²) in [5.74, 6) is -0.102. The van der Waals surface area contributed by atoms with Crippen LogP contribution in [0.5, 0.6) is 0 Å². The molecule has 144 valence electrons. The molecule has 0 bridgehead atoms. The lowest BCUT2D eigenvalue weighted by Gasteiger charge is -2.37. The number of nitrogens with zero attached hydrogens (tertiary/aromatic N) is 3. The molecule has 28 heavy (non-hydrogen) atoms. The van der Waals surface area contributed by atoms with E-state index in [0.29, 0.717) is 34.5 Å². The number of rotatable bonds is 3. The monoisotopic (exact) mass is 414 g/mol. The first kappa shape index (κ1) is 18.8. The molecule has 2 saturated heterocycles. The zero-order valence-electron chi connectivity index (χ0n) is 15.3. The smallest absolute Gasteiger partial charge is 0.274 e. The van der Waals surface area contributed by atoms with Gasteiger partial charge in [-0.3, -0.25) is 14.6 Å². The number of thiocarbonyl (C=S) groups is 1. The van der Waals surface area contributed by atoms with Gasteiger partial charge in [-0.25, -0.2) is 0 Å². The van der Waals surface area contributed by atoms with Crippen LogP contribution in [0.4, 0.5) is 11.4 Å². The summed E-state index contributed by atoms with van der Waals surface area (Å²) in [4.78, 5) is 32.7. The molecule has 1 aromatic heterocycles. The van der Waals surface area contributed by atoms with Gasteiger partial charge in [0.2, 0.25) is 0 Å². The first-order valence-corrected chi connectivity index (χ1v) is 9.83. The van der Waals surface area contributed by atoms with Crippen LogP contribution in [0.1, 0.15) is 30.3 Å². The Labute approximate surface area is 173 Å². The highest BCUT2D eigenvalue weighted by Gasteiger charge is 2.51. The van der Waals surface area contributed by atoms with Crippen LogP contribution in [0.15, 0.2) is 42.6 Å². The maximum Gasteiger partial charge on any atom is 0.274 e. The molecule has 0 radical (unpaired) electrons. The van der Waals surface area contributed by atoms with Crippen molar-refractivity contribution in [1.82, 2.24) is 9.88 Å². The van der Waals surface area contributed by atoms with Crippen LogP contribution in [0, 0.1) is 0 Å². The largest absolute Gasteiger partial charge is 0.335 e. The van der Waals surface area contributed by atoms with Crippen molar-refractivity contribution in [2.24, 2.45) is 0 Å². The molecule has 3 heterocycles. The minimum Gasteiger partial charge on any atom is -0.335 e. The molecule has 8 heteroatoms. The highest BCUT2D eigenvalue weighted by Crippen LogP contribution is 2.38. The predicted octanol–water partition coefficient (Wildman–Crippen LogP) is 3.52. The summed E-state index contributed by atoms with van der Waals surface area (Å²) >= 11 is 12.1. The number of fused-ring (bicyclic) bond motifs is 1. The number of amides is 1. The first-order valence-electron chi connectivity index (χ1n) is 9.04. The number of carbonyl (C=O) groups excluding carboxylic acids is 2. The number of anilines is 2. The number of ketones is 1. The second kappa shape index (κ2) is 7.14. The molecule has 2 aliphatic heterocycles. The van der Waals surface area contributed by atoms with Gasteiger partial charge < -0.3 is 15.1 Å². The van der Waals surface area contributed by atoms with E-state index in [0.717, 1.165) is 18.7 Å². The normalized spacial score (nSPS) is 21.6. The summed E-state index contributed by atoms with van der Waals surface area (Å²) in [5.41, 5.74) is 1.01. The van der Waals surface area contributed by atoms with Gasteiger partial charge in [0.25, 0.3) is 5.91 Å². The molecule has 2 aromatic rings. The lowest BCUT2D eigenvalue weighted by atomic mass is 9.88. The number of hydrogen-bond donors (Lipinski definition) is 1. The van der Waals surface area contributed by atoms with Crippen molar-refractivity contribution >= 4 is 52.0 Å². The van der Waals surface area contributed by atoms with Gasteiger partial charge in [-0.2, -0.15) is 0 Å². The highest BCUT2D eigenvalue weighted by molar-refractivity contribution is 7.80. The lowest BCUT2D eigenvalue weighted by Crippen LogP contribution is -2.54. The molecule has 0 aliphatic carbocycles. The SMILES string of the molecule is CC12CN(c3ccc(NC(=O)c4ccccn4)cc3Cl)C(=S)N1CCCC2=O. The van der Waals surface area contributed by atoms with Crippen LogP contribution in [-0.4, -0.2) is 45.3 Å². The number of pyridine rings is 1. The fraction of sp³-hybridized carbons (Fsp3) is 0.300. The van der Waals surface area contributed by atoms with Crippen molar-refractivity contribution < 1.29 is 9.59 Å². The second-order valence-corrected chi connectivity index (χ2v) is 7.93. The van der Waals surface area contributed by atoms with Gasteiger partial charge in [-0.1, -0.05) is 17.7 Å². The van der Waals surface area contributed by atoms with Crippen LogP contribution in [0.3, 0.4) is 0 Å². The Morgan fingerprint density at radius 2 is 2.14 bits per heavy atom. The second-order valence-electron chi connectivity index (χ2n) is 7.16. The van der Waals surface area contributed by atoms with Gasteiger partial charge in [-0.05, 0) is 55.9 Å². The molecule has 1 N–H and O–H groups in total. The average molecular weight is 415 g/mol. The molecule has 0 spiro atoms. The van der Waals surface area contributed by atoms with Crippen LogP contribution in [0.25, 0.3) is 0 Å². The number of benzene rings is 1. The third-order valence-corrected chi connectivity index (χ3v) is 6.05. The number of carbonyl (C=O) groups is 2. The maximum atomic E-state index is 12.5. The van der Waals surface area contributed by atoms with E-state index in [1.807, 2.05) is 22.8 Å². The summed E-state index contributed by atoms with van der Waals surface area (Å²) < 4.78 is 0. The summed E-state index contributed by atoms with van der Waals surface area (Å²) in [5, 5.41) is 3.86. The van der Waals surface area contributed by atoms with Crippen molar-refractivity contribution in [2.45, 2.75) is 25.3 Å².